The molecule has 0 saturated heterocycles. The van der Waals surface area contributed by atoms with Crippen LogP contribution in [-0.4, -0.2) is 30.5 Å². The minimum Gasteiger partial charge on any atom is -0.484 e. The number of hydrogen-bond donors (Lipinski definition) is 3. The van der Waals surface area contributed by atoms with E-state index in [1.54, 1.807) is 36.4 Å². The Bertz CT molecular complexity index is 1280. The normalized spacial score (nSPS) is 10.6. The SMILES string of the molecule is Cc1ccc(NC(=O)COc2ccc(/C=N\NC(=O)C(=O)Nc3cccc(Cl)c3Cl)cc2)cc1C. The maximum atomic E-state index is 12.1. The standard InChI is InChI=1S/C25H22Cl2N4O4/c1-15-6-9-18(12-16(15)2)29-22(32)14-35-19-10-7-17(8-11-19)13-28-31-25(34)24(33)30-21-5-3-4-20(26)23(21)27/h3-13H,14H2,1-2H3,(H,29,32)(H,30,33)(H,31,34)/b28-13-. The molecular formula is C25H22Cl2N4O4. The number of nitrogens with one attached hydrogen (secondary N) is 3. The highest BCUT2D eigenvalue weighted by atomic mass is 35.5. The third-order valence-corrected chi connectivity index (χ3v) is 5.65. The maximum Gasteiger partial charge on any atom is 0.329 e. The van der Waals surface area contributed by atoms with Gasteiger partial charge in [-0.05, 0) is 79.1 Å². The molecule has 3 aromatic carbocycles. The molecule has 180 valence electrons. The van der Waals surface area contributed by atoms with Gasteiger partial charge in [0.25, 0.3) is 5.91 Å². The first-order valence-electron chi connectivity index (χ1n) is 10.4. The maximum absolute atomic E-state index is 12.1. The van der Waals surface area contributed by atoms with Gasteiger partial charge in [0, 0.05) is 5.69 Å². The molecule has 0 saturated carbocycles. The zero-order chi connectivity index (χ0) is 25.4. The van der Waals surface area contributed by atoms with Crippen molar-refractivity contribution in [2.45, 2.75) is 13.8 Å². The molecule has 0 aliphatic carbocycles. The molecule has 0 aliphatic heterocycles. The predicted octanol–water partition coefficient (Wildman–Crippen LogP) is 4.72. The second-order valence-electron chi connectivity index (χ2n) is 7.46. The fourth-order valence-corrected chi connectivity index (χ4v) is 3.16. The molecule has 0 unspecified atom stereocenters. The number of rotatable bonds is 7. The summed E-state index contributed by atoms with van der Waals surface area (Å²) in [5, 5.41) is 9.28. The van der Waals surface area contributed by atoms with Gasteiger partial charge in [0.15, 0.2) is 6.61 Å². The molecule has 0 heterocycles. The molecule has 0 spiro atoms. The first-order chi connectivity index (χ1) is 16.7. The Morgan fingerprint density at radius 1 is 0.914 bits per heavy atom. The van der Waals surface area contributed by atoms with E-state index in [0.717, 1.165) is 11.1 Å². The van der Waals surface area contributed by atoms with Crippen molar-refractivity contribution in [1.29, 1.82) is 0 Å². The van der Waals surface area contributed by atoms with Crippen molar-refractivity contribution in [3.05, 3.63) is 87.4 Å². The van der Waals surface area contributed by atoms with Crippen LogP contribution in [0.15, 0.2) is 65.8 Å². The first-order valence-corrected chi connectivity index (χ1v) is 11.2. The average Bonchev–Trinajstić information content (AvgIpc) is 2.83. The Balaban J connectivity index is 1.45. The zero-order valence-corrected chi connectivity index (χ0v) is 20.4. The van der Waals surface area contributed by atoms with Gasteiger partial charge in [-0.15, -0.1) is 0 Å². The van der Waals surface area contributed by atoms with Gasteiger partial charge in [-0.2, -0.15) is 5.10 Å². The number of anilines is 2. The van der Waals surface area contributed by atoms with Crippen LogP contribution in [0.5, 0.6) is 5.75 Å². The Hall–Kier alpha value is -3.88. The van der Waals surface area contributed by atoms with Gasteiger partial charge >= 0.3 is 11.8 Å². The summed E-state index contributed by atoms with van der Waals surface area (Å²) in [7, 11) is 0. The minimum atomic E-state index is -0.980. The molecule has 3 N–H and O–H groups in total. The smallest absolute Gasteiger partial charge is 0.329 e. The van der Waals surface area contributed by atoms with Crippen molar-refractivity contribution in [2.75, 3.05) is 17.2 Å². The number of hydrazone groups is 1. The van der Waals surface area contributed by atoms with Crippen LogP contribution >= 0.6 is 23.2 Å². The first kappa shape index (κ1) is 25.7. The third-order valence-electron chi connectivity index (χ3n) is 4.83. The van der Waals surface area contributed by atoms with Crippen LogP contribution in [0.2, 0.25) is 10.0 Å². The van der Waals surface area contributed by atoms with E-state index in [9.17, 15) is 14.4 Å². The molecule has 0 bridgehead atoms. The minimum absolute atomic E-state index is 0.129. The molecule has 0 atom stereocenters. The van der Waals surface area contributed by atoms with Crippen LogP contribution in [0.1, 0.15) is 16.7 Å². The number of hydrogen-bond acceptors (Lipinski definition) is 5. The van der Waals surface area contributed by atoms with Crippen molar-refractivity contribution < 1.29 is 19.1 Å². The lowest BCUT2D eigenvalue weighted by molar-refractivity contribution is -0.136. The number of nitrogens with zero attached hydrogens (tertiary/aromatic N) is 1. The summed E-state index contributed by atoms with van der Waals surface area (Å²) in [5.74, 6) is -1.72. The number of carbonyl (C=O) groups is 3. The summed E-state index contributed by atoms with van der Waals surface area (Å²) < 4.78 is 5.50. The monoisotopic (exact) mass is 512 g/mol. The molecule has 3 amide bonds. The van der Waals surface area contributed by atoms with Crippen molar-refractivity contribution >= 4 is 58.5 Å². The lowest BCUT2D eigenvalue weighted by Gasteiger charge is -2.09. The number of benzene rings is 3. The van der Waals surface area contributed by atoms with E-state index in [-0.39, 0.29) is 28.2 Å². The molecule has 3 rings (SSSR count). The molecule has 0 fully saturated rings. The Labute approximate surface area is 212 Å². The van der Waals surface area contributed by atoms with Crippen LogP contribution in [0, 0.1) is 13.8 Å². The molecule has 10 heteroatoms. The van der Waals surface area contributed by atoms with Crippen molar-refractivity contribution in [2.24, 2.45) is 5.10 Å². The number of ether oxygens (including phenoxy) is 1. The second kappa shape index (κ2) is 12.0. The molecule has 8 nitrogen and oxygen atoms in total. The van der Waals surface area contributed by atoms with Gasteiger partial charge in [-0.25, -0.2) is 5.43 Å². The lowest BCUT2D eigenvalue weighted by atomic mass is 10.1. The van der Waals surface area contributed by atoms with Gasteiger partial charge in [0.2, 0.25) is 0 Å². The fourth-order valence-electron chi connectivity index (χ4n) is 2.81. The summed E-state index contributed by atoms with van der Waals surface area (Å²) in [5.41, 5.74) is 5.91. The quantitative estimate of drug-likeness (QED) is 0.241. The lowest BCUT2D eigenvalue weighted by Crippen LogP contribution is -2.32. The van der Waals surface area contributed by atoms with E-state index in [1.165, 1.54) is 12.3 Å². The Morgan fingerprint density at radius 3 is 2.37 bits per heavy atom. The average molecular weight is 513 g/mol. The van der Waals surface area contributed by atoms with E-state index in [2.05, 4.69) is 21.2 Å². The van der Waals surface area contributed by atoms with Crippen LogP contribution in [0.25, 0.3) is 0 Å². The third kappa shape index (κ3) is 7.56. The summed E-state index contributed by atoms with van der Waals surface area (Å²) in [6, 6.07) is 17.0. The van der Waals surface area contributed by atoms with Crippen molar-refractivity contribution in [1.82, 2.24) is 5.43 Å². The highest BCUT2D eigenvalue weighted by Gasteiger charge is 2.15. The Morgan fingerprint density at radius 2 is 1.66 bits per heavy atom. The fraction of sp³-hybridized carbons (Fsp3) is 0.120. The van der Waals surface area contributed by atoms with E-state index >= 15 is 0 Å². The van der Waals surface area contributed by atoms with Gasteiger partial charge in [-0.3, -0.25) is 14.4 Å². The van der Waals surface area contributed by atoms with Gasteiger partial charge in [-0.1, -0.05) is 35.3 Å². The van der Waals surface area contributed by atoms with E-state index in [1.807, 2.05) is 32.0 Å². The predicted molar refractivity (Wildman–Crippen MR) is 137 cm³/mol. The summed E-state index contributed by atoms with van der Waals surface area (Å²) in [4.78, 5) is 36.0. The Kier molecular flexibility index (Phi) is 8.83. The van der Waals surface area contributed by atoms with Gasteiger partial charge in [0.05, 0.1) is 21.9 Å². The molecule has 0 aliphatic rings. The number of aryl methyl sites for hydroxylation is 2. The van der Waals surface area contributed by atoms with E-state index in [4.69, 9.17) is 27.9 Å². The van der Waals surface area contributed by atoms with Crippen LogP contribution < -0.4 is 20.8 Å². The summed E-state index contributed by atoms with van der Waals surface area (Å²) in [6.45, 7) is 3.83. The number of amides is 3. The second-order valence-corrected chi connectivity index (χ2v) is 8.24. The molecular weight excluding hydrogens is 491 g/mol. The molecule has 35 heavy (non-hydrogen) atoms. The van der Waals surface area contributed by atoms with Crippen LogP contribution in [0.3, 0.4) is 0 Å². The van der Waals surface area contributed by atoms with Crippen molar-refractivity contribution in [3.63, 3.8) is 0 Å². The van der Waals surface area contributed by atoms with Gasteiger partial charge in [0.1, 0.15) is 5.75 Å². The van der Waals surface area contributed by atoms with E-state index < -0.39 is 11.8 Å². The zero-order valence-electron chi connectivity index (χ0n) is 18.9. The van der Waals surface area contributed by atoms with Crippen molar-refractivity contribution in [3.8, 4) is 5.75 Å². The molecule has 0 aromatic heterocycles. The summed E-state index contributed by atoms with van der Waals surface area (Å²) in [6.07, 6.45) is 1.35. The highest BCUT2D eigenvalue weighted by molar-refractivity contribution is 6.45. The topological polar surface area (TPSA) is 109 Å². The van der Waals surface area contributed by atoms with E-state index in [0.29, 0.717) is 17.0 Å². The molecule has 3 aromatic rings. The number of carbonyl (C=O) groups excluding carboxylic acids is 3. The van der Waals surface area contributed by atoms with Crippen LogP contribution in [0.4, 0.5) is 11.4 Å². The largest absolute Gasteiger partial charge is 0.484 e. The highest BCUT2D eigenvalue weighted by Crippen LogP contribution is 2.29. The number of halogens is 2. The van der Waals surface area contributed by atoms with Crippen LogP contribution in [-0.2, 0) is 14.4 Å². The molecule has 0 radical (unpaired) electrons. The summed E-state index contributed by atoms with van der Waals surface area (Å²) >= 11 is 11.9. The van der Waals surface area contributed by atoms with Gasteiger partial charge < -0.3 is 15.4 Å².